The van der Waals surface area contributed by atoms with Gasteiger partial charge in [0, 0.05) is 11.5 Å². The molecule has 0 aliphatic rings. The first-order valence-corrected chi connectivity index (χ1v) is 3.24. The summed E-state index contributed by atoms with van der Waals surface area (Å²) in [5.41, 5.74) is 0. The molecule has 0 spiro atoms. The van der Waals surface area contributed by atoms with Gasteiger partial charge in [-0.25, -0.2) is 0 Å². The molecular weight excluding hydrogens is 197 g/mol. The van der Waals surface area contributed by atoms with Crippen molar-refractivity contribution in [2.45, 2.75) is 6.92 Å². The molecule has 0 aliphatic carbocycles. The number of carboxylic acids is 1. The largest absolute Gasteiger partial charge is 0.692 e. The summed E-state index contributed by atoms with van der Waals surface area (Å²) < 4.78 is 8.70. The Kier molecular flexibility index (Phi) is 17.5. The van der Waals surface area contributed by atoms with Gasteiger partial charge in [-0.3, -0.25) is 4.79 Å². The fraction of sp³-hybridized carbons (Fsp3) is 0.500. The molecule has 0 fully saturated rings. The lowest BCUT2D eigenvalue weighted by Gasteiger charge is -1.59. The highest BCUT2D eigenvalue weighted by molar-refractivity contribution is 7.30. The van der Waals surface area contributed by atoms with E-state index >= 15 is 0 Å². The van der Waals surface area contributed by atoms with Gasteiger partial charge in [0.1, 0.15) is 0 Å². The van der Waals surface area contributed by atoms with Gasteiger partial charge >= 0.3 is 8.25 Å². The van der Waals surface area contributed by atoms with Crippen molar-refractivity contribution in [1.82, 2.24) is 0 Å². The standard InChI is InChI=1S/C2H4O2.HNO3.HO3P/c1-2(3)4;2-1(3)4;1-4(2)3/h1H3,(H,3,4);(H,2,3,4);(H-,1,2,3)/p+1. The number of nitrogens with zero attached hydrogens (tertiary/aromatic N) is 1. The van der Waals surface area contributed by atoms with Gasteiger partial charge < -0.3 is 10.3 Å². The summed E-state index contributed by atoms with van der Waals surface area (Å²) in [6.07, 6.45) is 0. The quantitative estimate of drug-likeness (QED) is 0.230. The number of hydrogen-bond donors (Lipinski definition) is 4. The van der Waals surface area contributed by atoms with Crippen LogP contribution in [0.3, 0.4) is 0 Å². The maximum absolute atomic E-state index is 9.00. The average molecular weight is 204 g/mol. The van der Waals surface area contributed by atoms with Crippen LogP contribution in [0.4, 0.5) is 0 Å². The topological polar surface area (TPSA) is 158 Å². The number of carboxylic acid groups (broad SMARTS) is 1. The van der Waals surface area contributed by atoms with E-state index in [4.69, 9.17) is 39.6 Å². The van der Waals surface area contributed by atoms with Crippen molar-refractivity contribution in [2.75, 3.05) is 0 Å². The van der Waals surface area contributed by atoms with E-state index in [-0.39, 0.29) is 0 Å². The van der Waals surface area contributed by atoms with Crippen molar-refractivity contribution in [3.8, 4) is 0 Å². The van der Waals surface area contributed by atoms with Crippen LogP contribution in [-0.4, -0.2) is 31.2 Å². The third-order valence-corrected chi connectivity index (χ3v) is 0. The molecule has 0 rings (SSSR count). The minimum absolute atomic E-state index is 0.833. The summed E-state index contributed by atoms with van der Waals surface area (Å²) in [5, 5.41) is 21.1. The van der Waals surface area contributed by atoms with Gasteiger partial charge in [0.2, 0.25) is 0 Å². The first-order chi connectivity index (χ1) is 5.20. The summed E-state index contributed by atoms with van der Waals surface area (Å²) in [4.78, 5) is 31.6. The van der Waals surface area contributed by atoms with E-state index in [1.54, 1.807) is 0 Å². The lowest BCUT2D eigenvalue weighted by atomic mass is 10.9. The third kappa shape index (κ3) is 299. The molecule has 9 nitrogen and oxygen atoms in total. The molecule has 4 N–H and O–H groups in total. The number of rotatable bonds is 0. The minimum Gasteiger partial charge on any atom is -0.481 e. The van der Waals surface area contributed by atoms with Gasteiger partial charge in [-0.1, -0.05) is 0 Å². The van der Waals surface area contributed by atoms with Crippen LogP contribution in [0.5, 0.6) is 0 Å². The molecule has 0 aromatic heterocycles. The predicted octanol–water partition coefficient (Wildman–Crippen LogP) is -0.628. The van der Waals surface area contributed by atoms with Crippen molar-refractivity contribution >= 4 is 14.2 Å². The molecule has 0 unspecified atom stereocenters. The summed E-state index contributed by atoms with van der Waals surface area (Å²) in [7, 11) is -2.87. The Morgan fingerprint density at radius 3 is 1.50 bits per heavy atom. The minimum atomic E-state index is -2.87. The van der Waals surface area contributed by atoms with Crippen LogP contribution in [0, 0.1) is 10.1 Å². The normalized spacial score (nSPS) is 6.25. The van der Waals surface area contributed by atoms with Crippen LogP contribution in [0.2, 0.25) is 0 Å². The molecule has 0 heterocycles. The maximum atomic E-state index is 9.00. The highest BCUT2D eigenvalue weighted by Gasteiger charge is 1.93. The summed E-state index contributed by atoms with van der Waals surface area (Å²) in [6.45, 7) is 1.08. The van der Waals surface area contributed by atoms with E-state index in [1.165, 1.54) is 0 Å². The van der Waals surface area contributed by atoms with Crippen LogP contribution in [-0.2, 0) is 9.36 Å². The molecule has 10 heteroatoms. The Balaban J connectivity index is -0.000000101. The van der Waals surface area contributed by atoms with Gasteiger partial charge in [-0.05, 0) is 0 Å². The lowest BCUT2D eigenvalue weighted by Crippen LogP contribution is -1.81. The van der Waals surface area contributed by atoms with E-state index < -0.39 is 19.3 Å². The molecule has 0 radical (unpaired) electrons. The first-order valence-electron chi connectivity index (χ1n) is 2.08. The molecule has 0 aliphatic heterocycles. The van der Waals surface area contributed by atoms with E-state index in [1.807, 2.05) is 0 Å². The van der Waals surface area contributed by atoms with Crippen LogP contribution < -0.4 is 0 Å². The smallest absolute Gasteiger partial charge is 0.481 e. The second-order valence-corrected chi connectivity index (χ2v) is 1.52. The molecule has 0 saturated carbocycles. The predicted molar refractivity (Wildman–Crippen MR) is 34.1 cm³/mol. The molecule has 12 heavy (non-hydrogen) atoms. The second kappa shape index (κ2) is 12.4. The highest BCUT2D eigenvalue weighted by atomic mass is 31.1. The molecule has 0 aromatic rings. The van der Waals surface area contributed by atoms with Gasteiger partial charge in [-0.2, -0.15) is 0 Å². The molecule has 0 atom stereocenters. The Bertz CT molecular complexity index is 115. The summed E-state index contributed by atoms with van der Waals surface area (Å²) >= 11 is 0. The van der Waals surface area contributed by atoms with E-state index in [2.05, 4.69) is 0 Å². The third-order valence-electron chi connectivity index (χ3n) is 0. The average Bonchev–Trinajstić information content (AvgIpc) is 1.54. The molecule has 72 valence electrons. The van der Waals surface area contributed by atoms with Crippen LogP contribution >= 0.6 is 8.25 Å². The van der Waals surface area contributed by atoms with E-state index in [0.717, 1.165) is 6.92 Å². The maximum Gasteiger partial charge on any atom is 0.692 e. The van der Waals surface area contributed by atoms with Crippen LogP contribution in [0.25, 0.3) is 0 Å². The fourth-order valence-electron chi connectivity index (χ4n) is 0. The van der Waals surface area contributed by atoms with E-state index in [9.17, 15) is 0 Å². The van der Waals surface area contributed by atoms with Crippen molar-refractivity contribution in [2.24, 2.45) is 0 Å². The van der Waals surface area contributed by atoms with Crippen LogP contribution in [0.1, 0.15) is 6.92 Å². The van der Waals surface area contributed by atoms with Crippen molar-refractivity contribution in [3.63, 3.8) is 0 Å². The highest BCUT2D eigenvalue weighted by Crippen LogP contribution is 1.98. The van der Waals surface area contributed by atoms with E-state index in [0.29, 0.717) is 0 Å². The Labute approximate surface area is 66.9 Å². The van der Waals surface area contributed by atoms with Gasteiger partial charge in [-0.15, -0.1) is 19.9 Å². The van der Waals surface area contributed by atoms with Crippen molar-refractivity contribution in [3.05, 3.63) is 10.1 Å². The Hall–Kier alpha value is -1.31. The zero-order chi connectivity index (χ0) is 10.7. The number of aliphatic carboxylic acids is 1. The summed E-state index contributed by atoms with van der Waals surface area (Å²) in [6, 6.07) is 0. The molecule has 0 amide bonds. The molecule has 0 saturated heterocycles. The first kappa shape index (κ1) is 17.0. The van der Waals surface area contributed by atoms with Crippen molar-refractivity contribution < 1.29 is 34.5 Å². The SMILES string of the molecule is CC(=O)O.O=[N+]([O-])O.O=[P+](O)O. The monoisotopic (exact) mass is 204 g/mol. The molecular formula is C2H7NO8P+. The zero-order valence-corrected chi connectivity index (χ0v) is 6.71. The fourth-order valence-corrected chi connectivity index (χ4v) is 0. The molecule has 0 bridgehead atoms. The molecule has 0 aromatic carbocycles. The summed E-state index contributed by atoms with van der Waals surface area (Å²) in [5.74, 6) is -0.833. The zero-order valence-electron chi connectivity index (χ0n) is 5.82. The lowest BCUT2D eigenvalue weighted by molar-refractivity contribution is -0.742. The van der Waals surface area contributed by atoms with Crippen molar-refractivity contribution in [1.29, 1.82) is 0 Å². The van der Waals surface area contributed by atoms with Gasteiger partial charge in [0.25, 0.3) is 11.1 Å². The van der Waals surface area contributed by atoms with Gasteiger partial charge in [0.05, 0.1) is 0 Å². The second-order valence-electron chi connectivity index (χ2n) is 1.01. The van der Waals surface area contributed by atoms with Gasteiger partial charge in [0.15, 0.2) is 0 Å². The number of carbonyl (C=O) groups is 1. The van der Waals surface area contributed by atoms with Crippen LogP contribution in [0.15, 0.2) is 0 Å². The Morgan fingerprint density at radius 1 is 1.50 bits per heavy atom. The number of hydrogen-bond acceptors (Lipinski definition) is 4. The Morgan fingerprint density at radius 2 is 1.50 bits per heavy atom.